The molecule has 384 valence electrons. The standard InChI is InChI=1S/C73H82N2/c1-67(2,3)48-24-32-52(33-25-48)74(53-34-26-49(27-35-53)68(4,5)6)56-40-43-58-47(45-56)23-42-62-64-60-22-20-19-21-59(60)63-46-57(41-44-61(63)66(64)73(65(58)62,71(13,14)15)72(16,17)18)75(54-36-28-50(29-37-54)69(7,8)9)55-38-30-51(31-39-55)70(10,11)12/h19-46H,1-18H3. The lowest BCUT2D eigenvalue weighted by Crippen LogP contribution is -2.50. The second-order valence-electron chi connectivity index (χ2n) is 28.0. The van der Waals surface area contributed by atoms with Crippen LogP contribution in [0, 0.1) is 10.8 Å². The number of benzene rings is 9. The van der Waals surface area contributed by atoms with Crippen molar-refractivity contribution in [2.75, 3.05) is 9.80 Å². The Morgan fingerprint density at radius 1 is 0.280 bits per heavy atom. The Morgan fingerprint density at radius 3 is 1.00 bits per heavy atom. The fourth-order valence-electron chi connectivity index (χ4n) is 13.1. The Morgan fingerprint density at radius 2 is 0.627 bits per heavy atom. The number of hydrogen-bond donors (Lipinski definition) is 0. The van der Waals surface area contributed by atoms with Crippen molar-refractivity contribution in [3.63, 3.8) is 0 Å². The van der Waals surface area contributed by atoms with Crippen molar-refractivity contribution in [3.8, 4) is 11.1 Å². The van der Waals surface area contributed by atoms with Crippen LogP contribution in [0.3, 0.4) is 0 Å². The van der Waals surface area contributed by atoms with Crippen molar-refractivity contribution in [1.29, 1.82) is 0 Å². The van der Waals surface area contributed by atoms with Crippen molar-refractivity contribution in [1.82, 2.24) is 0 Å². The normalized spacial score (nSPS) is 14.1. The van der Waals surface area contributed by atoms with Crippen LogP contribution in [-0.2, 0) is 27.1 Å². The molecule has 2 nitrogen and oxygen atoms in total. The molecule has 9 aromatic rings. The third-order valence-electron chi connectivity index (χ3n) is 16.8. The molecule has 9 aromatic carbocycles. The van der Waals surface area contributed by atoms with Crippen molar-refractivity contribution in [2.24, 2.45) is 10.8 Å². The van der Waals surface area contributed by atoms with Gasteiger partial charge in [-0.1, -0.05) is 222 Å². The maximum absolute atomic E-state index is 2.49. The minimum atomic E-state index is -0.397. The fraction of sp³-hybridized carbons (Fsp3) is 0.342. The quantitative estimate of drug-likeness (QED) is 0.153. The molecule has 2 heteroatoms. The van der Waals surface area contributed by atoms with E-state index in [0.29, 0.717) is 0 Å². The first-order chi connectivity index (χ1) is 35.0. The van der Waals surface area contributed by atoms with Crippen LogP contribution >= 0.6 is 0 Å². The third-order valence-corrected chi connectivity index (χ3v) is 16.8. The van der Waals surface area contributed by atoms with E-state index >= 15 is 0 Å². The van der Waals surface area contributed by atoms with Crippen LogP contribution in [-0.4, -0.2) is 0 Å². The van der Waals surface area contributed by atoms with Gasteiger partial charge in [0.05, 0.1) is 0 Å². The Balaban J connectivity index is 1.21. The lowest BCUT2D eigenvalue weighted by Gasteiger charge is -2.54. The molecule has 0 fully saturated rings. The highest BCUT2D eigenvalue weighted by Gasteiger charge is 2.59. The van der Waals surface area contributed by atoms with Crippen molar-refractivity contribution < 1.29 is 0 Å². The van der Waals surface area contributed by atoms with Crippen LogP contribution in [0.1, 0.15) is 158 Å². The molecule has 0 bridgehead atoms. The molecule has 0 N–H and O–H groups in total. The van der Waals surface area contributed by atoms with Gasteiger partial charge in [-0.05, 0) is 182 Å². The minimum absolute atomic E-state index is 0.0515. The third kappa shape index (κ3) is 8.75. The van der Waals surface area contributed by atoms with Gasteiger partial charge in [-0.3, -0.25) is 0 Å². The van der Waals surface area contributed by atoms with E-state index in [2.05, 4.69) is 304 Å². The maximum Gasteiger partial charge on any atom is 0.0468 e. The maximum atomic E-state index is 2.49. The SMILES string of the molecule is CC(C)(C)c1ccc(N(c2ccc(C(C)(C)C)cc2)c2ccc3c4c(ccc3c2)-c2c(c3ccc(N(c5ccc(C(C)(C)C)cc5)c5ccc(C(C)(C)C)cc5)cc3c3ccccc23)C4(C(C)(C)C)C(C)(C)C)cc1. The van der Waals surface area contributed by atoms with E-state index in [1.165, 1.54) is 76.8 Å². The Hall–Kier alpha value is -6.64. The number of hydrogen-bond acceptors (Lipinski definition) is 2. The lowest BCUT2D eigenvalue weighted by atomic mass is 9.49. The number of anilines is 6. The van der Waals surface area contributed by atoms with Crippen molar-refractivity contribution in [2.45, 2.75) is 152 Å². The number of nitrogens with zero attached hydrogens (tertiary/aromatic N) is 2. The molecule has 0 radical (unpaired) electrons. The largest absolute Gasteiger partial charge is 0.310 e. The summed E-state index contributed by atoms with van der Waals surface area (Å²) in [7, 11) is 0. The molecule has 0 saturated carbocycles. The average Bonchev–Trinajstić information content (AvgIpc) is 3.68. The minimum Gasteiger partial charge on any atom is -0.310 e. The summed E-state index contributed by atoms with van der Waals surface area (Å²) in [4.78, 5) is 4.91. The van der Waals surface area contributed by atoms with Crippen LogP contribution in [0.4, 0.5) is 34.1 Å². The summed E-state index contributed by atoms with van der Waals surface area (Å²) in [5.74, 6) is 0. The average molecular weight is 987 g/mol. The molecular formula is C73H82N2. The molecule has 0 aromatic heterocycles. The fourth-order valence-corrected chi connectivity index (χ4v) is 13.1. The van der Waals surface area contributed by atoms with Gasteiger partial charge in [-0.15, -0.1) is 0 Å². The Kier molecular flexibility index (Phi) is 12.2. The molecular weight excluding hydrogens is 905 g/mol. The molecule has 0 amide bonds. The van der Waals surface area contributed by atoms with Crippen molar-refractivity contribution in [3.05, 3.63) is 203 Å². The predicted octanol–water partition coefficient (Wildman–Crippen LogP) is 21.6. The monoisotopic (exact) mass is 987 g/mol. The summed E-state index contributed by atoms with van der Waals surface area (Å²) in [6, 6.07) is 65.7. The number of rotatable bonds is 6. The molecule has 0 saturated heterocycles. The van der Waals surface area contributed by atoms with Crippen LogP contribution in [0.2, 0.25) is 0 Å². The summed E-state index contributed by atoms with van der Waals surface area (Å²) in [5, 5.41) is 7.77. The van der Waals surface area contributed by atoms with Gasteiger partial charge in [0.1, 0.15) is 0 Å². The Labute approximate surface area is 450 Å². The molecule has 0 spiro atoms. The van der Waals surface area contributed by atoms with E-state index in [-0.39, 0.29) is 32.5 Å². The van der Waals surface area contributed by atoms with Crippen LogP contribution < -0.4 is 9.80 Å². The van der Waals surface area contributed by atoms with Gasteiger partial charge in [0.15, 0.2) is 0 Å². The second-order valence-corrected chi connectivity index (χ2v) is 28.0. The zero-order valence-electron chi connectivity index (χ0n) is 48.6. The smallest absolute Gasteiger partial charge is 0.0468 e. The van der Waals surface area contributed by atoms with E-state index in [4.69, 9.17) is 0 Å². The molecule has 1 aliphatic rings. The van der Waals surface area contributed by atoms with E-state index in [0.717, 1.165) is 34.1 Å². The van der Waals surface area contributed by atoms with E-state index in [9.17, 15) is 0 Å². The highest BCUT2D eigenvalue weighted by molar-refractivity contribution is 6.20. The van der Waals surface area contributed by atoms with E-state index in [1.54, 1.807) is 0 Å². The molecule has 75 heavy (non-hydrogen) atoms. The first kappa shape index (κ1) is 51.8. The highest BCUT2D eigenvalue weighted by atomic mass is 15.1. The second kappa shape index (κ2) is 17.7. The van der Waals surface area contributed by atoms with E-state index < -0.39 is 5.41 Å². The topological polar surface area (TPSA) is 6.48 Å². The molecule has 0 unspecified atom stereocenters. The van der Waals surface area contributed by atoms with Gasteiger partial charge in [0.25, 0.3) is 0 Å². The van der Waals surface area contributed by atoms with E-state index in [1.807, 2.05) is 0 Å². The molecule has 0 heterocycles. The van der Waals surface area contributed by atoms with Crippen LogP contribution in [0.15, 0.2) is 170 Å². The van der Waals surface area contributed by atoms with Gasteiger partial charge in [0.2, 0.25) is 0 Å². The molecule has 1 aliphatic carbocycles. The summed E-state index contributed by atoms with van der Waals surface area (Å²) in [6.07, 6.45) is 0. The van der Waals surface area contributed by atoms with Crippen LogP contribution in [0.5, 0.6) is 0 Å². The lowest BCUT2D eigenvalue weighted by molar-refractivity contribution is 0.0977. The molecule has 10 rings (SSSR count). The summed E-state index contributed by atoms with van der Waals surface area (Å²) >= 11 is 0. The zero-order chi connectivity index (χ0) is 54.0. The predicted molar refractivity (Wildman–Crippen MR) is 328 cm³/mol. The molecule has 0 aliphatic heterocycles. The van der Waals surface area contributed by atoms with Crippen molar-refractivity contribution >= 4 is 66.4 Å². The van der Waals surface area contributed by atoms with Gasteiger partial charge in [0, 0.05) is 39.5 Å². The summed E-state index contributed by atoms with van der Waals surface area (Å²) in [5.41, 5.74) is 17.3. The Bertz CT molecular complexity index is 3470. The number of fused-ring (bicyclic) bond motifs is 10. The highest BCUT2D eigenvalue weighted by Crippen LogP contribution is 2.68. The summed E-state index contributed by atoms with van der Waals surface area (Å²) in [6.45, 7) is 42.5. The first-order valence-electron chi connectivity index (χ1n) is 27.6. The van der Waals surface area contributed by atoms with Crippen LogP contribution in [0.25, 0.3) is 43.4 Å². The van der Waals surface area contributed by atoms with Gasteiger partial charge in [-0.2, -0.15) is 0 Å². The van der Waals surface area contributed by atoms with Gasteiger partial charge >= 0.3 is 0 Å². The zero-order valence-corrected chi connectivity index (χ0v) is 48.6. The van der Waals surface area contributed by atoms with Gasteiger partial charge in [-0.25, -0.2) is 0 Å². The molecule has 0 atom stereocenters. The van der Waals surface area contributed by atoms with Gasteiger partial charge < -0.3 is 9.80 Å². The summed E-state index contributed by atoms with van der Waals surface area (Å²) < 4.78 is 0. The first-order valence-corrected chi connectivity index (χ1v) is 27.6.